The van der Waals surface area contributed by atoms with Crippen molar-refractivity contribution >= 4 is 0 Å². The maximum absolute atomic E-state index is 8.31. The minimum atomic E-state index is 0.0248. The smallest absolute Gasteiger partial charge is 0.0621 e. The number of hydrogen-bond donors (Lipinski definition) is 1. The van der Waals surface area contributed by atoms with Crippen molar-refractivity contribution in [3.63, 3.8) is 0 Å². The van der Waals surface area contributed by atoms with Crippen LogP contribution in [0, 0.1) is 23.7 Å². The number of allylic oxidation sites excluding steroid dienone is 3. The lowest BCUT2D eigenvalue weighted by atomic mass is 10.4. The Morgan fingerprint density at radius 1 is 1.18 bits per heavy atom. The fourth-order valence-corrected chi connectivity index (χ4v) is 0.350. The molecule has 11 heavy (non-hydrogen) atoms. The monoisotopic (exact) mass is 146 g/mol. The standard InChI is InChI=1S/C10H10O/c1-2-3-4-5-6-7-8-9-10-11/h2-3,8-9,11H,10H2,1H3/b3-2-,9-8-. The van der Waals surface area contributed by atoms with E-state index in [0.29, 0.717) is 0 Å². The molecular formula is C10H10O. The molecule has 1 heteroatoms. The minimum absolute atomic E-state index is 0.0248. The van der Waals surface area contributed by atoms with E-state index in [2.05, 4.69) is 23.7 Å². The highest BCUT2D eigenvalue weighted by Gasteiger charge is 1.59. The van der Waals surface area contributed by atoms with Gasteiger partial charge in [-0.2, -0.15) is 0 Å². The van der Waals surface area contributed by atoms with Crippen LogP contribution in [-0.2, 0) is 0 Å². The van der Waals surface area contributed by atoms with E-state index in [1.807, 2.05) is 13.0 Å². The molecular weight excluding hydrogens is 136 g/mol. The second kappa shape index (κ2) is 8.56. The van der Waals surface area contributed by atoms with Crippen LogP contribution in [0.1, 0.15) is 6.92 Å². The zero-order valence-electron chi connectivity index (χ0n) is 6.46. The van der Waals surface area contributed by atoms with Crippen LogP contribution >= 0.6 is 0 Å². The first-order valence-electron chi connectivity index (χ1n) is 3.30. The summed E-state index contributed by atoms with van der Waals surface area (Å²) in [6.45, 7) is 1.92. The highest BCUT2D eigenvalue weighted by atomic mass is 16.2. The first-order valence-corrected chi connectivity index (χ1v) is 3.30. The molecule has 0 aromatic heterocycles. The lowest BCUT2D eigenvalue weighted by Crippen LogP contribution is -1.67. The van der Waals surface area contributed by atoms with Crippen molar-refractivity contribution < 1.29 is 5.11 Å². The van der Waals surface area contributed by atoms with Crippen molar-refractivity contribution in [1.29, 1.82) is 0 Å². The molecule has 0 unspecified atom stereocenters. The highest BCUT2D eigenvalue weighted by Crippen LogP contribution is 1.66. The van der Waals surface area contributed by atoms with Crippen LogP contribution in [0.25, 0.3) is 0 Å². The Labute approximate surface area is 67.4 Å². The van der Waals surface area contributed by atoms with Crippen LogP contribution in [-0.4, -0.2) is 11.7 Å². The van der Waals surface area contributed by atoms with Crippen LogP contribution in [0.5, 0.6) is 0 Å². The topological polar surface area (TPSA) is 20.2 Å². The summed E-state index contributed by atoms with van der Waals surface area (Å²) < 4.78 is 0. The maximum Gasteiger partial charge on any atom is 0.0621 e. The van der Waals surface area contributed by atoms with E-state index >= 15 is 0 Å². The molecule has 0 fully saturated rings. The summed E-state index contributed by atoms with van der Waals surface area (Å²) >= 11 is 0. The molecule has 0 aliphatic carbocycles. The van der Waals surface area contributed by atoms with E-state index in [1.54, 1.807) is 18.2 Å². The molecule has 0 radical (unpaired) electrons. The summed E-state index contributed by atoms with van der Waals surface area (Å²) in [6, 6.07) is 0. The third-order valence-corrected chi connectivity index (χ3v) is 0.763. The molecule has 0 spiro atoms. The second-order valence-corrected chi connectivity index (χ2v) is 1.62. The van der Waals surface area contributed by atoms with Gasteiger partial charge in [-0.05, 0) is 30.9 Å². The molecule has 0 aromatic rings. The van der Waals surface area contributed by atoms with Crippen LogP contribution in [0.2, 0.25) is 0 Å². The molecule has 0 bridgehead atoms. The Balaban J connectivity index is 3.74. The Morgan fingerprint density at radius 2 is 1.82 bits per heavy atom. The first kappa shape index (κ1) is 9.56. The van der Waals surface area contributed by atoms with Gasteiger partial charge < -0.3 is 5.11 Å². The van der Waals surface area contributed by atoms with E-state index in [0.717, 1.165) is 0 Å². The van der Waals surface area contributed by atoms with Gasteiger partial charge in [-0.1, -0.05) is 24.0 Å². The minimum Gasteiger partial charge on any atom is -0.392 e. The number of rotatable bonds is 1. The molecule has 0 aromatic carbocycles. The summed E-state index contributed by atoms with van der Waals surface area (Å²) in [5.41, 5.74) is 0. The van der Waals surface area contributed by atoms with Gasteiger partial charge in [0.05, 0.1) is 6.61 Å². The number of hydrogen-bond acceptors (Lipinski definition) is 1. The lowest BCUT2D eigenvalue weighted by Gasteiger charge is -1.68. The van der Waals surface area contributed by atoms with E-state index < -0.39 is 0 Å². The van der Waals surface area contributed by atoms with Crippen LogP contribution in [0.15, 0.2) is 24.3 Å². The van der Waals surface area contributed by atoms with Crippen molar-refractivity contribution in [1.82, 2.24) is 0 Å². The average molecular weight is 146 g/mol. The van der Waals surface area contributed by atoms with Crippen LogP contribution in [0.4, 0.5) is 0 Å². The predicted octanol–water partition coefficient (Wildman–Crippen LogP) is 1.12. The second-order valence-electron chi connectivity index (χ2n) is 1.62. The van der Waals surface area contributed by atoms with Gasteiger partial charge in [-0.15, -0.1) is 0 Å². The van der Waals surface area contributed by atoms with Gasteiger partial charge in [0.25, 0.3) is 0 Å². The molecule has 0 aliphatic heterocycles. The largest absolute Gasteiger partial charge is 0.392 e. The van der Waals surface area contributed by atoms with Gasteiger partial charge in [0, 0.05) is 0 Å². The first-order chi connectivity index (χ1) is 5.41. The Kier molecular flexibility index (Phi) is 7.44. The van der Waals surface area contributed by atoms with Crippen LogP contribution in [0.3, 0.4) is 0 Å². The van der Waals surface area contributed by atoms with Gasteiger partial charge in [-0.3, -0.25) is 0 Å². The van der Waals surface area contributed by atoms with Crippen molar-refractivity contribution in [3.8, 4) is 23.7 Å². The Morgan fingerprint density at radius 3 is 2.36 bits per heavy atom. The maximum atomic E-state index is 8.31. The molecule has 0 aliphatic rings. The highest BCUT2D eigenvalue weighted by molar-refractivity contribution is 5.33. The molecule has 0 saturated heterocycles. The summed E-state index contributed by atoms with van der Waals surface area (Å²) in [7, 11) is 0. The van der Waals surface area contributed by atoms with E-state index in [4.69, 9.17) is 5.11 Å². The van der Waals surface area contributed by atoms with Gasteiger partial charge in [-0.25, -0.2) is 0 Å². The van der Waals surface area contributed by atoms with Gasteiger partial charge in [0.2, 0.25) is 0 Å². The molecule has 56 valence electrons. The summed E-state index contributed by atoms with van der Waals surface area (Å²) in [6.07, 6.45) is 6.71. The third-order valence-electron chi connectivity index (χ3n) is 0.763. The molecule has 0 rings (SSSR count). The fourth-order valence-electron chi connectivity index (χ4n) is 0.350. The summed E-state index contributed by atoms with van der Waals surface area (Å²) in [5, 5.41) is 8.31. The molecule has 1 nitrogen and oxygen atoms in total. The van der Waals surface area contributed by atoms with Crippen molar-refractivity contribution in [2.45, 2.75) is 6.92 Å². The molecule has 0 heterocycles. The molecule has 0 atom stereocenters. The molecule has 0 amide bonds. The van der Waals surface area contributed by atoms with E-state index in [1.165, 1.54) is 0 Å². The van der Waals surface area contributed by atoms with Crippen molar-refractivity contribution in [2.75, 3.05) is 6.61 Å². The Hall–Kier alpha value is -1.44. The van der Waals surface area contributed by atoms with Gasteiger partial charge >= 0.3 is 0 Å². The predicted molar refractivity (Wildman–Crippen MR) is 46.6 cm³/mol. The normalized spacial score (nSPS) is 8.91. The SMILES string of the molecule is C/C=C\C#CC#C/C=C\CO. The van der Waals surface area contributed by atoms with Crippen molar-refractivity contribution in [3.05, 3.63) is 24.3 Å². The number of aliphatic hydroxyl groups excluding tert-OH is 1. The average Bonchev–Trinajstić information content (AvgIpc) is 2.03. The fraction of sp³-hybridized carbons (Fsp3) is 0.200. The summed E-state index contributed by atoms with van der Waals surface area (Å²) in [4.78, 5) is 0. The zero-order valence-corrected chi connectivity index (χ0v) is 6.46. The van der Waals surface area contributed by atoms with E-state index in [9.17, 15) is 0 Å². The van der Waals surface area contributed by atoms with Crippen molar-refractivity contribution in [2.24, 2.45) is 0 Å². The van der Waals surface area contributed by atoms with Crippen LogP contribution < -0.4 is 0 Å². The lowest BCUT2D eigenvalue weighted by molar-refractivity contribution is 0.343. The van der Waals surface area contributed by atoms with Gasteiger partial charge in [0.15, 0.2) is 0 Å². The van der Waals surface area contributed by atoms with Gasteiger partial charge in [0.1, 0.15) is 0 Å². The molecule has 0 saturated carbocycles. The quantitative estimate of drug-likeness (QED) is 0.549. The molecule has 1 N–H and O–H groups in total. The third kappa shape index (κ3) is 8.56. The zero-order chi connectivity index (χ0) is 8.36. The summed E-state index contributed by atoms with van der Waals surface area (Å²) in [5.74, 6) is 10.6. The Bertz CT molecular complexity index is 250. The van der Waals surface area contributed by atoms with E-state index in [-0.39, 0.29) is 6.61 Å². The number of aliphatic hydroxyl groups is 1.